The van der Waals surface area contributed by atoms with Gasteiger partial charge in [0.2, 0.25) is 0 Å². The highest BCUT2D eigenvalue weighted by Crippen LogP contribution is 2.40. The molecule has 0 saturated heterocycles. The maximum atomic E-state index is 12.3. The molecular weight excluding hydrogens is 215 g/mol. The van der Waals surface area contributed by atoms with Gasteiger partial charge < -0.3 is 15.1 Å². The number of hydrogen-bond acceptors (Lipinski definition) is 4. The number of aliphatic hydroxyl groups excluding tert-OH is 1. The van der Waals surface area contributed by atoms with Crippen molar-refractivity contribution >= 4 is 5.71 Å². The number of halogens is 3. The van der Waals surface area contributed by atoms with E-state index in [-0.39, 0.29) is 12.3 Å². The van der Waals surface area contributed by atoms with Gasteiger partial charge in [0, 0.05) is 5.41 Å². The summed E-state index contributed by atoms with van der Waals surface area (Å²) in [5.74, 6) is -3.26. The Morgan fingerprint density at radius 2 is 2.00 bits per heavy atom. The number of aliphatic hydroxyl groups is 2. The van der Waals surface area contributed by atoms with Crippen molar-refractivity contribution in [3.8, 4) is 0 Å². The lowest BCUT2D eigenvalue weighted by Crippen LogP contribution is -2.46. The lowest BCUT2D eigenvalue weighted by Gasteiger charge is -2.24. The van der Waals surface area contributed by atoms with Crippen molar-refractivity contribution in [2.45, 2.75) is 32.2 Å². The molecule has 0 radical (unpaired) electrons. The molecule has 4 nitrogen and oxygen atoms in total. The molecule has 0 bridgehead atoms. The predicted octanol–water partition coefficient (Wildman–Crippen LogP) is 1.03. The first-order chi connectivity index (χ1) is 6.62. The van der Waals surface area contributed by atoms with Crippen LogP contribution in [0.4, 0.5) is 13.2 Å². The zero-order valence-corrected chi connectivity index (χ0v) is 8.30. The van der Waals surface area contributed by atoms with E-state index in [2.05, 4.69) is 9.99 Å². The molecule has 0 spiro atoms. The number of alkyl halides is 3. The Morgan fingerprint density at radius 1 is 1.47 bits per heavy atom. The predicted molar refractivity (Wildman–Crippen MR) is 45.0 cm³/mol. The molecule has 0 aromatic carbocycles. The Kier molecular flexibility index (Phi) is 2.73. The Labute approximate surface area is 84.3 Å². The van der Waals surface area contributed by atoms with Gasteiger partial charge in [0.05, 0.1) is 18.7 Å². The molecule has 0 saturated carbocycles. The smallest absolute Gasteiger partial charge is 0.395 e. The molecule has 88 valence electrons. The SMILES string of the molecule is CC(C)(CO)C1=NO[C@](O)(C(F)(F)F)C1. The maximum Gasteiger partial charge on any atom is 0.458 e. The fourth-order valence-electron chi connectivity index (χ4n) is 1.03. The number of hydrogen-bond donors (Lipinski definition) is 2. The van der Waals surface area contributed by atoms with Crippen molar-refractivity contribution < 1.29 is 28.2 Å². The zero-order chi connectivity index (χ0) is 11.9. The number of nitrogens with zero attached hydrogens (tertiary/aromatic N) is 1. The standard InChI is InChI=1S/C8H12F3NO3/c1-6(2,4-13)5-3-7(14,15-12-5)8(9,10)11/h13-14H,3-4H2,1-2H3/t7-/m0/s1. The van der Waals surface area contributed by atoms with Gasteiger partial charge in [-0.15, -0.1) is 0 Å². The van der Waals surface area contributed by atoms with Gasteiger partial charge in [-0.2, -0.15) is 13.2 Å². The monoisotopic (exact) mass is 227 g/mol. The van der Waals surface area contributed by atoms with Crippen LogP contribution in [0, 0.1) is 5.41 Å². The van der Waals surface area contributed by atoms with Gasteiger partial charge in [0.1, 0.15) is 0 Å². The molecule has 0 unspecified atom stereocenters. The summed E-state index contributed by atoms with van der Waals surface area (Å²) in [6.07, 6.45) is -5.67. The van der Waals surface area contributed by atoms with Gasteiger partial charge in [0.15, 0.2) is 0 Å². The van der Waals surface area contributed by atoms with Crippen LogP contribution in [-0.2, 0) is 4.84 Å². The molecule has 0 aliphatic carbocycles. The summed E-state index contributed by atoms with van der Waals surface area (Å²) in [7, 11) is 0. The molecule has 0 amide bonds. The van der Waals surface area contributed by atoms with Crippen molar-refractivity contribution in [1.82, 2.24) is 0 Å². The summed E-state index contributed by atoms with van der Waals surface area (Å²) in [6, 6.07) is 0. The molecule has 0 aromatic rings. The minimum atomic E-state index is -4.90. The van der Waals surface area contributed by atoms with E-state index in [1.165, 1.54) is 13.8 Å². The van der Waals surface area contributed by atoms with Crippen LogP contribution in [0.25, 0.3) is 0 Å². The third-order valence-corrected chi connectivity index (χ3v) is 2.33. The summed E-state index contributed by atoms with van der Waals surface area (Å²) in [5, 5.41) is 21.2. The highest BCUT2D eigenvalue weighted by Gasteiger charge is 2.61. The van der Waals surface area contributed by atoms with Crippen molar-refractivity contribution in [3.63, 3.8) is 0 Å². The third-order valence-electron chi connectivity index (χ3n) is 2.33. The minimum Gasteiger partial charge on any atom is -0.395 e. The fraction of sp³-hybridized carbons (Fsp3) is 0.875. The van der Waals surface area contributed by atoms with Crippen LogP contribution in [0.2, 0.25) is 0 Å². The number of oxime groups is 1. The summed E-state index contributed by atoms with van der Waals surface area (Å²) in [6.45, 7) is 2.65. The third kappa shape index (κ3) is 2.07. The van der Waals surface area contributed by atoms with Gasteiger partial charge in [-0.1, -0.05) is 19.0 Å². The molecule has 7 heteroatoms. The molecule has 2 N–H and O–H groups in total. The van der Waals surface area contributed by atoms with Crippen LogP contribution in [0.3, 0.4) is 0 Å². The second-order valence-corrected chi connectivity index (χ2v) is 4.13. The average Bonchev–Trinajstić information content (AvgIpc) is 2.49. The van der Waals surface area contributed by atoms with E-state index < -0.39 is 23.8 Å². The second kappa shape index (κ2) is 3.34. The molecule has 1 rings (SSSR count). The van der Waals surface area contributed by atoms with Gasteiger partial charge >= 0.3 is 12.0 Å². The fourth-order valence-corrected chi connectivity index (χ4v) is 1.03. The Morgan fingerprint density at radius 3 is 2.33 bits per heavy atom. The molecule has 0 fully saturated rings. The van der Waals surface area contributed by atoms with Gasteiger partial charge in [-0.3, -0.25) is 0 Å². The van der Waals surface area contributed by atoms with Crippen LogP contribution >= 0.6 is 0 Å². The Balaban J connectivity index is 2.82. The summed E-state index contributed by atoms with van der Waals surface area (Å²) in [5.41, 5.74) is -0.944. The van der Waals surface area contributed by atoms with E-state index in [4.69, 9.17) is 10.2 Å². The first-order valence-electron chi connectivity index (χ1n) is 4.28. The highest BCUT2D eigenvalue weighted by atomic mass is 19.4. The first-order valence-corrected chi connectivity index (χ1v) is 4.28. The largest absolute Gasteiger partial charge is 0.458 e. The van der Waals surface area contributed by atoms with Crippen molar-refractivity contribution in [3.05, 3.63) is 0 Å². The normalized spacial score (nSPS) is 27.5. The number of rotatable bonds is 2. The van der Waals surface area contributed by atoms with Crippen LogP contribution < -0.4 is 0 Å². The maximum absolute atomic E-state index is 12.3. The quantitative estimate of drug-likeness (QED) is 0.740. The van der Waals surface area contributed by atoms with E-state index in [9.17, 15) is 13.2 Å². The average molecular weight is 227 g/mol. The Hall–Kier alpha value is -0.820. The van der Waals surface area contributed by atoms with Crippen molar-refractivity contribution in [2.24, 2.45) is 10.6 Å². The van der Waals surface area contributed by atoms with Crippen molar-refractivity contribution in [2.75, 3.05) is 6.61 Å². The summed E-state index contributed by atoms with van der Waals surface area (Å²) >= 11 is 0. The highest BCUT2D eigenvalue weighted by molar-refractivity contribution is 5.91. The van der Waals surface area contributed by atoms with Crippen LogP contribution in [-0.4, -0.2) is 34.5 Å². The van der Waals surface area contributed by atoms with Crippen LogP contribution in [0.15, 0.2) is 5.16 Å². The van der Waals surface area contributed by atoms with E-state index in [1.54, 1.807) is 0 Å². The summed E-state index contributed by atoms with van der Waals surface area (Å²) < 4.78 is 36.9. The van der Waals surface area contributed by atoms with Crippen LogP contribution in [0.5, 0.6) is 0 Å². The van der Waals surface area contributed by atoms with Gasteiger partial charge in [0.25, 0.3) is 0 Å². The van der Waals surface area contributed by atoms with Gasteiger partial charge in [-0.25, -0.2) is 0 Å². The molecular formula is C8H12F3NO3. The second-order valence-electron chi connectivity index (χ2n) is 4.13. The lowest BCUT2D eigenvalue weighted by atomic mass is 9.85. The molecule has 1 atom stereocenters. The summed E-state index contributed by atoms with van der Waals surface area (Å²) in [4.78, 5) is 4.01. The Bertz CT molecular complexity index is 287. The first kappa shape index (κ1) is 12.3. The lowest BCUT2D eigenvalue weighted by molar-refractivity contribution is -0.355. The molecule has 1 aliphatic rings. The molecule has 1 heterocycles. The zero-order valence-electron chi connectivity index (χ0n) is 8.30. The molecule has 15 heavy (non-hydrogen) atoms. The topological polar surface area (TPSA) is 62.1 Å². The minimum absolute atomic E-state index is 0.00942. The van der Waals surface area contributed by atoms with Crippen molar-refractivity contribution in [1.29, 1.82) is 0 Å². The van der Waals surface area contributed by atoms with E-state index in [0.717, 1.165) is 0 Å². The van der Waals surface area contributed by atoms with E-state index in [0.29, 0.717) is 0 Å². The van der Waals surface area contributed by atoms with E-state index >= 15 is 0 Å². The van der Waals surface area contributed by atoms with Gasteiger partial charge in [-0.05, 0) is 0 Å². The molecule has 1 aliphatic heterocycles. The molecule has 0 aromatic heterocycles. The van der Waals surface area contributed by atoms with Crippen LogP contribution in [0.1, 0.15) is 20.3 Å². The van der Waals surface area contributed by atoms with E-state index in [1.807, 2.05) is 0 Å².